The number of carboxylic acids is 1. The summed E-state index contributed by atoms with van der Waals surface area (Å²) in [6, 6.07) is 3.14. The lowest BCUT2D eigenvalue weighted by Crippen LogP contribution is -2.35. The van der Waals surface area contributed by atoms with Crippen molar-refractivity contribution in [2.45, 2.75) is 31.4 Å². The van der Waals surface area contributed by atoms with Gasteiger partial charge in [0.05, 0.1) is 5.56 Å². The quantitative estimate of drug-likeness (QED) is 0.922. The Labute approximate surface area is 132 Å². The molecule has 3 rings (SSSR count). The summed E-state index contributed by atoms with van der Waals surface area (Å²) < 4.78 is 31.9. The fraction of sp³-hybridized carbons (Fsp3) is 0.357. The highest BCUT2D eigenvalue weighted by Crippen LogP contribution is 2.31. The number of rotatable bonds is 4. The maximum Gasteiger partial charge on any atom is 0.336 e. The van der Waals surface area contributed by atoms with E-state index in [1.165, 1.54) is 21.7 Å². The minimum atomic E-state index is -3.68. The molecule has 118 valence electrons. The van der Waals surface area contributed by atoms with Crippen LogP contribution in [0.3, 0.4) is 0 Å². The van der Waals surface area contributed by atoms with E-state index in [0.717, 1.165) is 10.4 Å². The van der Waals surface area contributed by atoms with Crippen molar-refractivity contribution in [2.75, 3.05) is 6.54 Å². The van der Waals surface area contributed by atoms with Crippen LogP contribution in [0.15, 0.2) is 27.0 Å². The SMILES string of the molecule is CCc1ccc(S(=O)(=O)N2CCc3c(C(=O)O)csc3C2)o1. The zero-order valence-electron chi connectivity index (χ0n) is 11.9. The zero-order chi connectivity index (χ0) is 15.9. The lowest BCUT2D eigenvalue weighted by atomic mass is 10.1. The number of nitrogens with zero attached hydrogens (tertiary/aromatic N) is 1. The van der Waals surface area contributed by atoms with Gasteiger partial charge in [0.1, 0.15) is 5.76 Å². The largest absolute Gasteiger partial charge is 0.478 e. The van der Waals surface area contributed by atoms with E-state index in [-0.39, 0.29) is 23.7 Å². The summed E-state index contributed by atoms with van der Waals surface area (Å²) in [6.45, 7) is 2.34. The first-order chi connectivity index (χ1) is 10.4. The highest BCUT2D eigenvalue weighted by atomic mass is 32.2. The van der Waals surface area contributed by atoms with Crippen molar-refractivity contribution in [2.24, 2.45) is 0 Å². The molecular weight excluding hydrogens is 326 g/mol. The third-order valence-corrected chi connectivity index (χ3v) is 6.45. The summed E-state index contributed by atoms with van der Waals surface area (Å²) in [5.41, 5.74) is 1.03. The smallest absolute Gasteiger partial charge is 0.336 e. The molecule has 0 spiro atoms. The van der Waals surface area contributed by atoms with E-state index < -0.39 is 16.0 Å². The molecule has 0 atom stereocenters. The van der Waals surface area contributed by atoms with Gasteiger partial charge in [-0.25, -0.2) is 13.2 Å². The first-order valence-corrected chi connectivity index (χ1v) is 9.17. The lowest BCUT2D eigenvalue weighted by Gasteiger charge is -2.25. The molecule has 0 amide bonds. The van der Waals surface area contributed by atoms with Gasteiger partial charge in [0, 0.05) is 29.8 Å². The molecule has 2 aromatic rings. The molecule has 0 saturated carbocycles. The molecule has 0 saturated heterocycles. The van der Waals surface area contributed by atoms with Crippen molar-refractivity contribution in [1.29, 1.82) is 0 Å². The maximum absolute atomic E-state index is 12.6. The fourth-order valence-corrected chi connectivity index (χ4v) is 5.01. The van der Waals surface area contributed by atoms with Gasteiger partial charge in [-0.15, -0.1) is 11.3 Å². The van der Waals surface area contributed by atoms with Crippen LogP contribution in [-0.2, 0) is 29.4 Å². The predicted molar refractivity (Wildman–Crippen MR) is 80.7 cm³/mol. The lowest BCUT2D eigenvalue weighted by molar-refractivity contribution is 0.0696. The van der Waals surface area contributed by atoms with Gasteiger partial charge in [-0.1, -0.05) is 6.92 Å². The average Bonchev–Trinajstić information content (AvgIpc) is 3.13. The number of carboxylic acid groups (broad SMARTS) is 1. The number of hydrogen-bond donors (Lipinski definition) is 1. The molecule has 2 aromatic heterocycles. The topological polar surface area (TPSA) is 87.8 Å². The highest BCUT2D eigenvalue weighted by molar-refractivity contribution is 7.89. The molecule has 0 radical (unpaired) electrons. The number of fused-ring (bicyclic) bond motifs is 1. The van der Waals surface area contributed by atoms with Crippen LogP contribution in [0.1, 0.15) is 33.5 Å². The Kier molecular flexibility index (Phi) is 3.84. The highest BCUT2D eigenvalue weighted by Gasteiger charge is 2.33. The molecule has 0 aliphatic carbocycles. The molecule has 1 aliphatic rings. The van der Waals surface area contributed by atoms with Gasteiger partial charge in [0.15, 0.2) is 0 Å². The molecule has 0 aromatic carbocycles. The normalized spacial score (nSPS) is 15.7. The molecule has 1 N–H and O–H groups in total. The predicted octanol–water partition coefficient (Wildman–Crippen LogP) is 2.35. The van der Waals surface area contributed by atoms with E-state index in [1.807, 2.05) is 6.92 Å². The van der Waals surface area contributed by atoms with Crippen LogP contribution in [-0.4, -0.2) is 30.3 Å². The van der Waals surface area contributed by atoms with E-state index in [0.29, 0.717) is 18.6 Å². The number of aromatic carboxylic acids is 1. The van der Waals surface area contributed by atoms with E-state index in [4.69, 9.17) is 9.52 Å². The average molecular weight is 341 g/mol. The first kappa shape index (κ1) is 15.3. The van der Waals surface area contributed by atoms with Crippen LogP contribution in [0.4, 0.5) is 0 Å². The molecule has 3 heterocycles. The standard InChI is InChI=1S/C14H15NO5S2/c1-2-9-3-4-13(20-9)22(18,19)15-6-5-10-11(14(16)17)8-21-12(10)7-15/h3-4,8H,2,5-7H2,1H3,(H,16,17). The fourth-order valence-electron chi connectivity index (χ4n) is 2.50. The maximum atomic E-state index is 12.6. The molecule has 0 fully saturated rings. The summed E-state index contributed by atoms with van der Waals surface area (Å²) in [4.78, 5) is 11.9. The van der Waals surface area contributed by atoms with Gasteiger partial charge in [0.2, 0.25) is 5.09 Å². The summed E-state index contributed by atoms with van der Waals surface area (Å²) >= 11 is 1.29. The van der Waals surface area contributed by atoms with Gasteiger partial charge < -0.3 is 9.52 Å². The number of aryl methyl sites for hydroxylation is 1. The van der Waals surface area contributed by atoms with Gasteiger partial charge in [-0.2, -0.15) is 4.31 Å². The second kappa shape index (κ2) is 5.53. The van der Waals surface area contributed by atoms with Gasteiger partial charge in [-0.05, 0) is 24.1 Å². The molecule has 22 heavy (non-hydrogen) atoms. The van der Waals surface area contributed by atoms with Gasteiger partial charge in [-0.3, -0.25) is 0 Å². The van der Waals surface area contributed by atoms with Crippen LogP contribution in [0.5, 0.6) is 0 Å². The number of furan rings is 1. The Morgan fingerprint density at radius 3 is 2.86 bits per heavy atom. The van der Waals surface area contributed by atoms with Crippen molar-refractivity contribution >= 4 is 27.3 Å². The minimum Gasteiger partial charge on any atom is -0.478 e. The van der Waals surface area contributed by atoms with Crippen molar-refractivity contribution in [3.8, 4) is 0 Å². The Morgan fingerprint density at radius 1 is 1.45 bits per heavy atom. The number of carbonyl (C=O) groups is 1. The van der Waals surface area contributed by atoms with Crippen molar-refractivity contribution in [1.82, 2.24) is 4.31 Å². The first-order valence-electron chi connectivity index (χ1n) is 6.85. The third kappa shape index (κ3) is 2.47. The van der Waals surface area contributed by atoms with Crippen LogP contribution in [0.2, 0.25) is 0 Å². The molecule has 0 unspecified atom stereocenters. The molecular formula is C14H15NO5S2. The van der Waals surface area contributed by atoms with E-state index in [9.17, 15) is 13.2 Å². The summed E-state index contributed by atoms with van der Waals surface area (Å²) in [6.07, 6.45) is 1.04. The Morgan fingerprint density at radius 2 is 2.23 bits per heavy atom. The Balaban J connectivity index is 1.89. The number of hydrogen-bond acceptors (Lipinski definition) is 5. The second-order valence-electron chi connectivity index (χ2n) is 5.02. The van der Waals surface area contributed by atoms with Gasteiger partial charge in [0.25, 0.3) is 10.0 Å². The molecule has 6 nitrogen and oxygen atoms in total. The summed E-state index contributed by atoms with van der Waals surface area (Å²) in [5, 5.41) is 10.6. The van der Waals surface area contributed by atoms with E-state index >= 15 is 0 Å². The summed E-state index contributed by atoms with van der Waals surface area (Å²) in [7, 11) is -3.68. The molecule has 8 heteroatoms. The van der Waals surface area contributed by atoms with Crippen LogP contribution in [0.25, 0.3) is 0 Å². The second-order valence-corrected chi connectivity index (χ2v) is 7.85. The van der Waals surface area contributed by atoms with Crippen LogP contribution >= 0.6 is 11.3 Å². The van der Waals surface area contributed by atoms with Gasteiger partial charge >= 0.3 is 5.97 Å². The van der Waals surface area contributed by atoms with Crippen LogP contribution in [0, 0.1) is 0 Å². The van der Waals surface area contributed by atoms with Crippen molar-refractivity contribution in [3.05, 3.63) is 39.3 Å². The van der Waals surface area contributed by atoms with E-state index in [2.05, 4.69) is 0 Å². The number of thiophene rings is 1. The number of sulfonamides is 1. The van der Waals surface area contributed by atoms with Crippen LogP contribution < -0.4 is 0 Å². The molecule has 1 aliphatic heterocycles. The Bertz CT molecular complexity index is 818. The van der Waals surface area contributed by atoms with Crippen molar-refractivity contribution in [3.63, 3.8) is 0 Å². The molecule has 0 bridgehead atoms. The van der Waals surface area contributed by atoms with Crippen molar-refractivity contribution < 1.29 is 22.7 Å². The Hall–Kier alpha value is -1.64. The minimum absolute atomic E-state index is 0.0529. The monoisotopic (exact) mass is 341 g/mol. The summed E-state index contributed by atoms with van der Waals surface area (Å²) in [5.74, 6) is -0.340. The third-order valence-electron chi connectivity index (χ3n) is 3.72. The van der Waals surface area contributed by atoms with E-state index in [1.54, 1.807) is 11.4 Å². The zero-order valence-corrected chi connectivity index (χ0v) is 13.5.